The molecule has 1 aliphatic heterocycles. The number of rotatable bonds is 10. The molecule has 40 heavy (non-hydrogen) atoms. The Morgan fingerprint density at radius 2 is 1.85 bits per heavy atom. The molecule has 0 aliphatic carbocycles. The number of amides is 1. The van der Waals surface area contributed by atoms with Crippen molar-refractivity contribution in [1.82, 2.24) is 14.7 Å². The number of methoxy groups -OCH3 is 1. The minimum atomic E-state index is -0.0914. The average molecular weight is 568 g/mol. The Bertz CT molecular complexity index is 1580. The van der Waals surface area contributed by atoms with E-state index < -0.39 is 0 Å². The number of aryl methyl sites for hydroxylation is 1. The second kappa shape index (κ2) is 12.4. The van der Waals surface area contributed by atoms with Gasteiger partial charge in [-0.25, -0.2) is 4.68 Å². The summed E-state index contributed by atoms with van der Waals surface area (Å²) in [5.41, 5.74) is 5.56. The predicted molar refractivity (Wildman–Crippen MR) is 166 cm³/mol. The lowest BCUT2D eigenvalue weighted by Gasteiger charge is -2.14. The molecule has 0 spiro atoms. The maximum absolute atomic E-state index is 13.4. The summed E-state index contributed by atoms with van der Waals surface area (Å²) < 4.78 is 13.4. The summed E-state index contributed by atoms with van der Waals surface area (Å²) in [6.07, 6.45) is 6.26. The Kier molecular flexibility index (Phi) is 8.48. The zero-order valence-electron chi connectivity index (χ0n) is 22.4. The lowest BCUT2D eigenvalue weighted by Crippen LogP contribution is -2.30. The van der Waals surface area contributed by atoms with Gasteiger partial charge in [0.15, 0.2) is 0 Å². The number of ether oxygens (including phenoxy) is 2. The molecule has 0 unspecified atom stereocenters. The van der Waals surface area contributed by atoms with E-state index in [2.05, 4.69) is 6.58 Å². The molecule has 1 aliphatic rings. The first-order valence-corrected chi connectivity index (χ1v) is 14.1. The van der Waals surface area contributed by atoms with Crippen molar-refractivity contribution in [1.29, 1.82) is 0 Å². The van der Waals surface area contributed by atoms with Crippen LogP contribution in [0.4, 0.5) is 0 Å². The van der Waals surface area contributed by atoms with Gasteiger partial charge in [0.05, 0.1) is 17.7 Å². The third-order valence-electron chi connectivity index (χ3n) is 6.51. The van der Waals surface area contributed by atoms with Crippen molar-refractivity contribution in [3.8, 4) is 28.4 Å². The number of thiocarbonyl (C=S) groups is 1. The highest BCUT2D eigenvalue weighted by Gasteiger charge is 2.32. The number of hydrogen-bond acceptors (Lipinski definition) is 6. The summed E-state index contributed by atoms with van der Waals surface area (Å²) in [7, 11) is 1.64. The molecule has 3 aromatic carbocycles. The zero-order chi connectivity index (χ0) is 28.1. The predicted octanol–water partition coefficient (Wildman–Crippen LogP) is 6.87. The number of aromatic nitrogens is 2. The minimum Gasteiger partial charge on any atom is -0.497 e. The molecule has 202 valence electrons. The second-order valence-corrected chi connectivity index (χ2v) is 10.9. The highest BCUT2D eigenvalue weighted by molar-refractivity contribution is 8.26. The lowest BCUT2D eigenvalue weighted by molar-refractivity contribution is -0.122. The van der Waals surface area contributed by atoms with Gasteiger partial charge < -0.3 is 9.47 Å². The molecule has 0 N–H and O–H groups in total. The number of para-hydroxylation sites is 1. The highest BCUT2D eigenvalue weighted by atomic mass is 32.2. The van der Waals surface area contributed by atoms with Crippen LogP contribution in [-0.4, -0.2) is 45.2 Å². The first-order valence-electron chi connectivity index (χ1n) is 12.8. The fourth-order valence-electron chi connectivity index (χ4n) is 4.40. The van der Waals surface area contributed by atoms with Crippen molar-refractivity contribution < 1.29 is 14.3 Å². The quantitative estimate of drug-likeness (QED) is 0.119. The monoisotopic (exact) mass is 567 g/mol. The first-order chi connectivity index (χ1) is 19.5. The molecule has 4 aromatic rings. The number of nitrogens with zero attached hydrogens (tertiary/aromatic N) is 3. The Morgan fingerprint density at radius 1 is 1.07 bits per heavy atom. The van der Waals surface area contributed by atoms with E-state index in [-0.39, 0.29) is 5.91 Å². The first kappa shape index (κ1) is 27.4. The number of carbonyl (C=O) groups excluding carboxylic acids is 1. The summed E-state index contributed by atoms with van der Waals surface area (Å²) in [5, 5.41) is 4.92. The molecule has 0 bridgehead atoms. The average Bonchev–Trinajstić information content (AvgIpc) is 3.52. The number of benzene rings is 3. The molecule has 1 fully saturated rings. The van der Waals surface area contributed by atoms with Crippen LogP contribution in [0.1, 0.15) is 16.7 Å². The topological polar surface area (TPSA) is 56.6 Å². The molecule has 2 heterocycles. The summed E-state index contributed by atoms with van der Waals surface area (Å²) in [5.74, 6) is 1.51. The molecule has 5 rings (SSSR count). The molecule has 1 saturated heterocycles. The van der Waals surface area contributed by atoms with Gasteiger partial charge in [0.1, 0.15) is 28.1 Å². The second-order valence-electron chi connectivity index (χ2n) is 9.22. The maximum Gasteiger partial charge on any atom is 0.266 e. The van der Waals surface area contributed by atoms with Crippen molar-refractivity contribution in [3.63, 3.8) is 0 Å². The van der Waals surface area contributed by atoms with Crippen LogP contribution in [0.3, 0.4) is 0 Å². The molecular weight excluding hydrogens is 539 g/mol. The molecule has 1 amide bonds. The highest BCUT2D eigenvalue weighted by Crippen LogP contribution is 2.36. The minimum absolute atomic E-state index is 0.0914. The third kappa shape index (κ3) is 6.03. The van der Waals surface area contributed by atoms with Crippen LogP contribution in [-0.2, 0) is 11.2 Å². The molecule has 6 nitrogen and oxygen atoms in total. The fourth-order valence-corrected chi connectivity index (χ4v) is 5.70. The Labute approximate surface area is 243 Å². The summed E-state index contributed by atoms with van der Waals surface area (Å²) in [6, 6.07) is 23.7. The number of carbonyl (C=O) groups is 1. The van der Waals surface area contributed by atoms with E-state index in [1.54, 1.807) is 18.1 Å². The SMILES string of the molecule is C=CCOc1ccc(-c2nn(-c3ccccc3)cc2/C=C2\SC(=S)N(CCc3ccc(OC)cc3)C2=O)cc1C. The van der Waals surface area contributed by atoms with Gasteiger partial charge in [0.2, 0.25) is 0 Å². The van der Waals surface area contributed by atoms with Crippen LogP contribution in [0, 0.1) is 6.92 Å². The van der Waals surface area contributed by atoms with E-state index in [1.165, 1.54) is 11.8 Å². The van der Waals surface area contributed by atoms with Crippen molar-refractivity contribution >= 4 is 40.3 Å². The van der Waals surface area contributed by atoms with Gasteiger partial charge in [-0.05, 0) is 73.0 Å². The van der Waals surface area contributed by atoms with Crippen molar-refractivity contribution in [2.75, 3.05) is 20.3 Å². The molecule has 1 aromatic heterocycles. The summed E-state index contributed by atoms with van der Waals surface area (Å²) >= 11 is 6.93. The van der Waals surface area contributed by atoms with Crippen LogP contribution in [0.2, 0.25) is 0 Å². The van der Waals surface area contributed by atoms with E-state index in [4.69, 9.17) is 26.8 Å². The standard InChI is InChI=1S/C32H29N3O3S2/c1-4-18-38-28-15-12-24(19-22(28)2)30-25(21-35(33-30)26-8-6-5-7-9-26)20-29-31(36)34(32(39)40-29)17-16-23-10-13-27(37-3)14-11-23/h4-15,19-21H,1,16-18H2,2-3H3/b29-20-. The zero-order valence-corrected chi connectivity index (χ0v) is 24.0. The third-order valence-corrected chi connectivity index (χ3v) is 7.89. The smallest absolute Gasteiger partial charge is 0.266 e. The lowest BCUT2D eigenvalue weighted by atomic mass is 10.0. The summed E-state index contributed by atoms with van der Waals surface area (Å²) in [4.78, 5) is 15.7. The normalized spacial score (nSPS) is 14.2. The van der Waals surface area contributed by atoms with E-state index >= 15 is 0 Å². The van der Waals surface area contributed by atoms with Gasteiger partial charge in [0, 0.05) is 23.9 Å². The van der Waals surface area contributed by atoms with E-state index in [1.807, 2.05) is 96.7 Å². The van der Waals surface area contributed by atoms with Crippen LogP contribution in [0.15, 0.2) is 96.6 Å². The molecule has 0 radical (unpaired) electrons. The molecule has 0 atom stereocenters. The number of thioether (sulfide) groups is 1. The Balaban J connectivity index is 1.44. The molecule has 0 saturated carbocycles. The van der Waals surface area contributed by atoms with Crippen molar-refractivity contribution in [3.05, 3.63) is 113 Å². The number of hydrogen-bond donors (Lipinski definition) is 0. The maximum atomic E-state index is 13.4. The van der Waals surface area contributed by atoms with Crippen LogP contribution >= 0.6 is 24.0 Å². The van der Waals surface area contributed by atoms with Gasteiger partial charge >= 0.3 is 0 Å². The van der Waals surface area contributed by atoms with E-state index in [0.29, 0.717) is 28.8 Å². The van der Waals surface area contributed by atoms with E-state index in [0.717, 1.165) is 45.1 Å². The van der Waals surface area contributed by atoms with Crippen molar-refractivity contribution in [2.45, 2.75) is 13.3 Å². The van der Waals surface area contributed by atoms with Crippen LogP contribution in [0.25, 0.3) is 23.0 Å². The van der Waals surface area contributed by atoms with Crippen LogP contribution < -0.4 is 9.47 Å². The van der Waals surface area contributed by atoms with Crippen molar-refractivity contribution in [2.24, 2.45) is 0 Å². The summed E-state index contributed by atoms with van der Waals surface area (Å²) in [6.45, 7) is 6.67. The van der Waals surface area contributed by atoms with Gasteiger partial charge in [-0.15, -0.1) is 0 Å². The van der Waals surface area contributed by atoms with E-state index in [9.17, 15) is 4.79 Å². The molecular formula is C32H29N3O3S2. The largest absolute Gasteiger partial charge is 0.497 e. The molecule has 8 heteroatoms. The Morgan fingerprint density at radius 3 is 2.55 bits per heavy atom. The van der Waals surface area contributed by atoms with Gasteiger partial charge in [0.25, 0.3) is 5.91 Å². The van der Waals surface area contributed by atoms with Gasteiger partial charge in [-0.3, -0.25) is 9.69 Å². The Hall–Kier alpha value is -4.14. The van der Waals surface area contributed by atoms with Gasteiger partial charge in [-0.1, -0.05) is 67.0 Å². The van der Waals surface area contributed by atoms with Gasteiger partial charge in [-0.2, -0.15) is 5.10 Å². The van der Waals surface area contributed by atoms with Crippen LogP contribution in [0.5, 0.6) is 11.5 Å². The fraction of sp³-hybridized carbons (Fsp3) is 0.156.